The Morgan fingerprint density at radius 2 is 1.04 bits per heavy atom. The third-order valence-electron chi connectivity index (χ3n) is 5.54. The van der Waals surface area contributed by atoms with Gasteiger partial charge in [-0.15, -0.1) is 0 Å². The van der Waals surface area contributed by atoms with Gasteiger partial charge in [-0.1, -0.05) is 97.3 Å². The van der Waals surface area contributed by atoms with Crippen LogP contribution in [-0.4, -0.2) is 4.57 Å². The Morgan fingerprint density at radius 1 is 0.577 bits per heavy atom. The fourth-order valence-corrected chi connectivity index (χ4v) is 3.74. The number of imidazole rings is 1. The first kappa shape index (κ1) is 23.2. The summed E-state index contributed by atoms with van der Waals surface area (Å²) in [6, 6.07) is 0. The van der Waals surface area contributed by atoms with Crippen LogP contribution in [0, 0.1) is 0 Å². The third-order valence-corrected chi connectivity index (χ3v) is 5.54. The van der Waals surface area contributed by atoms with Crippen molar-refractivity contribution in [1.82, 2.24) is 4.57 Å². The third kappa shape index (κ3) is 13.4. The van der Waals surface area contributed by atoms with Crippen LogP contribution in [0.2, 0.25) is 0 Å². The minimum atomic E-state index is 1.19. The van der Waals surface area contributed by atoms with Gasteiger partial charge in [-0.3, -0.25) is 0 Å². The topological polar surface area (TPSA) is 8.81 Å². The molecule has 0 aliphatic rings. The molecule has 26 heavy (non-hydrogen) atoms. The monoisotopic (exact) mass is 363 g/mol. The average Bonchev–Trinajstić information content (AvgIpc) is 3.10. The van der Waals surface area contributed by atoms with Gasteiger partial charge in [0.2, 0.25) is 6.33 Å². The van der Waals surface area contributed by atoms with Crippen LogP contribution < -0.4 is 4.57 Å². The lowest BCUT2D eigenvalue weighted by molar-refractivity contribution is -0.696. The van der Waals surface area contributed by atoms with Crippen molar-refractivity contribution in [2.45, 2.75) is 136 Å². The summed E-state index contributed by atoms with van der Waals surface area (Å²) in [6.07, 6.45) is 30.8. The van der Waals surface area contributed by atoms with Gasteiger partial charge in [0.25, 0.3) is 0 Å². The predicted molar refractivity (Wildman–Crippen MR) is 114 cm³/mol. The lowest BCUT2D eigenvalue weighted by Gasteiger charge is -2.02. The highest BCUT2D eigenvalue weighted by Gasteiger charge is 2.03. The molecule has 0 saturated carbocycles. The maximum atomic E-state index is 2.38. The van der Waals surface area contributed by atoms with Crippen LogP contribution in [0.1, 0.15) is 123 Å². The molecule has 2 heteroatoms. The summed E-state index contributed by atoms with van der Waals surface area (Å²) in [5, 5.41) is 0. The van der Waals surface area contributed by atoms with Crippen molar-refractivity contribution in [3.8, 4) is 0 Å². The first-order valence-electron chi connectivity index (χ1n) is 11.9. The molecule has 1 aromatic heterocycles. The smallest absolute Gasteiger partial charge is 0.237 e. The highest BCUT2D eigenvalue weighted by molar-refractivity contribution is 4.66. The van der Waals surface area contributed by atoms with E-state index in [0.29, 0.717) is 0 Å². The molecule has 0 unspecified atom stereocenters. The van der Waals surface area contributed by atoms with Crippen LogP contribution in [0.5, 0.6) is 0 Å². The number of rotatable bonds is 19. The lowest BCUT2D eigenvalue weighted by atomic mass is 10.1. The number of hydrogen-bond donors (Lipinski definition) is 0. The molecule has 0 spiro atoms. The van der Waals surface area contributed by atoms with Gasteiger partial charge in [0.1, 0.15) is 12.4 Å². The molecule has 1 rings (SSSR count). The van der Waals surface area contributed by atoms with Crippen LogP contribution in [0.4, 0.5) is 0 Å². The molecule has 2 nitrogen and oxygen atoms in total. The van der Waals surface area contributed by atoms with Gasteiger partial charge in [-0.05, 0) is 25.7 Å². The molecule has 0 aromatic carbocycles. The molecule has 0 radical (unpaired) electrons. The summed E-state index contributed by atoms with van der Waals surface area (Å²) in [4.78, 5) is 0. The van der Waals surface area contributed by atoms with Crippen molar-refractivity contribution in [2.75, 3.05) is 0 Å². The fraction of sp³-hybridized carbons (Fsp3) is 0.875. The fourth-order valence-electron chi connectivity index (χ4n) is 3.74. The minimum Gasteiger partial charge on any atom is -0.237 e. The molecule has 152 valence electrons. The second kappa shape index (κ2) is 17.6. The van der Waals surface area contributed by atoms with Gasteiger partial charge >= 0.3 is 0 Å². The SMILES string of the molecule is CCCCCCCCCCCCCCn1cc[n+](CCCCCCC)c1. The molecule has 1 heterocycles. The van der Waals surface area contributed by atoms with Crippen molar-refractivity contribution >= 4 is 0 Å². The van der Waals surface area contributed by atoms with Crippen LogP contribution in [0.15, 0.2) is 18.7 Å². The second-order valence-electron chi connectivity index (χ2n) is 8.19. The largest absolute Gasteiger partial charge is 0.243 e. The summed E-state index contributed by atoms with van der Waals surface area (Å²) in [5.74, 6) is 0. The zero-order chi connectivity index (χ0) is 18.7. The standard InChI is InChI=1S/C24H47N2/c1-3-5-7-9-10-11-12-13-14-15-17-19-21-26-23-22-25(24-26)20-18-16-8-6-4-2/h22-24H,3-21H2,1-2H3/q+1. The van der Waals surface area contributed by atoms with Crippen molar-refractivity contribution in [3.63, 3.8) is 0 Å². The van der Waals surface area contributed by atoms with E-state index in [2.05, 4.69) is 41.7 Å². The van der Waals surface area contributed by atoms with E-state index < -0.39 is 0 Å². The van der Waals surface area contributed by atoms with Crippen LogP contribution in [0.25, 0.3) is 0 Å². The van der Waals surface area contributed by atoms with E-state index in [1.54, 1.807) is 0 Å². The summed E-state index contributed by atoms with van der Waals surface area (Å²) in [6.45, 7) is 6.96. The maximum Gasteiger partial charge on any atom is 0.243 e. The van der Waals surface area contributed by atoms with Gasteiger partial charge in [0.15, 0.2) is 0 Å². The Hall–Kier alpha value is -0.790. The second-order valence-corrected chi connectivity index (χ2v) is 8.19. The zero-order valence-electron chi connectivity index (χ0n) is 18.1. The average molecular weight is 364 g/mol. The molecule has 0 N–H and O–H groups in total. The number of aromatic nitrogens is 2. The molecule has 0 atom stereocenters. The zero-order valence-corrected chi connectivity index (χ0v) is 18.1. The molecule has 0 bridgehead atoms. The summed E-state index contributed by atoms with van der Waals surface area (Å²) < 4.78 is 4.74. The Bertz CT molecular complexity index is 397. The highest BCUT2D eigenvalue weighted by Crippen LogP contribution is 2.12. The van der Waals surface area contributed by atoms with Gasteiger partial charge in [0, 0.05) is 0 Å². The number of nitrogens with zero attached hydrogens (tertiary/aromatic N) is 2. The predicted octanol–water partition coefficient (Wildman–Crippen LogP) is 7.45. The first-order valence-corrected chi connectivity index (χ1v) is 11.9. The van der Waals surface area contributed by atoms with E-state index in [1.807, 2.05) is 0 Å². The normalized spacial score (nSPS) is 11.3. The van der Waals surface area contributed by atoms with Crippen molar-refractivity contribution in [2.24, 2.45) is 0 Å². The Morgan fingerprint density at radius 3 is 1.58 bits per heavy atom. The van der Waals surface area contributed by atoms with E-state index >= 15 is 0 Å². The quantitative estimate of drug-likeness (QED) is 0.178. The van der Waals surface area contributed by atoms with Crippen LogP contribution in [-0.2, 0) is 13.1 Å². The Balaban J connectivity index is 1.87. The molecular formula is C24H47N2+. The van der Waals surface area contributed by atoms with E-state index in [9.17, 15) is 0 Å². The molecule has 0 amide bonds. The molecule has 0 aliphatic carbocycles. The van der Waals surface area contributed by atoms with Gasteiger partial charge < -0.3 is 0 Å². The number of aryl methyl sites for hydroxylation is 2. The van der Waals surface area contributed by atoms with E-state index in [4.69, 9.17) is 0 Å². The molecule has 1 aromatic rings. The van der Waals surface area contributed by atoms with Gasteiger partial charge in [-0.25, -0.2) is 9.13 Å². The van der Waals surface area contributed by atoms with Crippen molar-refractivity contribution in [1.29, 1.82) is 0 Å². The number of hydrogen-bond acceptors (Lipinski definition) is 0. The van der Waals surface area contributed by atoms with Gasteiger partial charge in [0.05, 0.1) is 13.1 Å². The van der Waals surface area contributed by atoms with E-state index in [-0.39, 0.29) is 0 Å². The van der Waals surface area contributed by atoms with E-state index in [1.165, 1.54) is 122 Å². The lowest BCUT2D eigenvalue weighted by Crippen LogP contribution is -2.30. The van der Waals surface area contributed by atoms with Gasteiger partial charge in [-0.2, -0.15) is 0 Å². The Kier molecular flexibility index (Phi) is 15.8. The minimum absolute atomic E-state index is 1.19. The summed E-state index contributed by atoms with van der Waals surface area (Å²) >= 11 is 0. The first-order chi connectivity index (χ1) is 12.9. The van der Waals surface area contributed by atoms with Crippen molar-refractivity contribution < 1.29 is 4.57 Å². The summed E-state index contributed by atoms with van der Waals surface area (Å²) in [7, 11) is 0. The van der Waals surface area contributed by atoms with E-state index in [0.717, 1.165) is 0 Å². The Labute approximate surface area is 164 Å². The molecule has 0 fully saturated rings. The maximum absolute atomic E-state index is 2.38. The van der Waals surface area contributed by atoms with Crippen molar-refractivity contribution in [3.05, 3.63) is 18.7 Å². The highest BCUT2D eigenvalue weighted by atomic mass is 15.1. The molecule has 0 saturated heterocycles. The molecular weight excluding hydrogens is 316 g/mol. The van der Waals surface area contributed by atoms with Crippen LogP contribution in [0.3, 0.4) is 0 Å². The molecule has 0 aliphatic heterocycles. The summed E-state index contributed by atoms with van der Waals surface area (Å²) in [5.41, 5.74) is 0. The number of unbranched alkanes of at least 4 members (excludes halogenated alkanes) is 15. The van der Waals surface area contributed by atoms with Crippen LogP contribution >= 0.6 is 0 Å².